The molecule has 6 heteroatoms. The van der Waals surface area contributed by atoms with Gasteiger partial charge in [0, 0.05) is 6.54 Å². The highest BCUT2D eigenvalue weighted by molar-refractivity contribution is 8.26. The van der Waals surface area contributed by atoms with Crippen molar-refractivity contribution in [3.63, 3.8) is 0 Å². The van der Waals surface area contributed by atoms with Gasteiger partial charge in [-0.05, 0) is 30.2 Å². The molecule has 1 fully saturated rings. The van der Waals surface area contributed by atoms with Gasteiger partial charge in [-0.15, -0.1) is 0 Å². The number of methoxy groups -OCH3 is 1. The van der Waals surface area contributed by atoms with Gasteiger partial charge in [0.05, 0.1) is 12.0 Å². The number of carbonyl (C=O) groups is 1. The van der Waals surface area contributed by atoms with Crippen LogP contribution in [-0.4, -0.2) is 33.9 Å². The molecule has 1 aliphatic heterocycles. The number of benzene rings is 1. The predicted molar refractivity (Wildman–Crippen MR) is 89.4 cm³/mol. The number of carbonyl (C=O) groups excluding carboxylic acids is 1. The largest absolute Gasteiger partial charge is 0.504 e. The molecule has 21 heavy (non-hydrogen) atoms. The van der Waals surface area contributed by atoms with E-state index < -0.39 is 0 Å². The molecule has 0 radical (unpaired) electrons. The van der Waals surface area contributed by atoms with Crippen LogP contribution in [0.15, 0.2) is 23.1 Å². The average molecular weight is 323 g/mol. The minimum Gasteiger partial charge on any atom is -0.504 e. The van der Waals surface area contributed by atoms with Crippen molar-refractivity contribution >= 4 is 40.3 Å². The van der Waals surface area contributed by atoms with Crippen LogP contribution < -0.4 is 4.74 Å². The van der Waals surface area contributed by atoms with Gasteiger partial charge < -0.3 is 9.84 Å². The number of amides is 1. The molecule has 0 spiro atoms. The van der Waals surface area contributed by atoms with Gasteiger partial charge in [-0.25, -0.2) is 0 Å². The van der Waals surface area contributed by atoms with Gasteiger partial charge in [-0.3, -0.25) is 9.69 Å². The fourth-order valence-electron chi connectivity index (χ4n) is 1.94. The third-order valence-electron chi connectivity index (χ3n) is 3.11. The fourth-order valence-corrected chi connectivity index (χ4v) is 3.25. The van der Waals surface area contributed by atoms with E-state index in [0.29, 0.717) is 21.5 Å². The van der Waals surface area contributed by atoms with E-state index in [1.54, 1.807) is 29.2 Å². The van der Waals surface area contributed by atoms with Gasteiger partial charge in [-0.1, -0.05) is 43.4 Å². The maximum absolute atomic E-state index is 12.3. The highest BCUT2D eigenvalue weighted by Crippen LogP contribution is 2.34. The van der Waals surface area contributed by atoms with Crippen LogP contribution in [0.1, 0.15) is 25.3 Å². The summed E-state index contributed by atoms with van der Waals surface area (Å²) in [6.07, 6.45) is 3.73. The van der Waals surface area contributed by atoms with E-state index in [4.69, 9.17) is 17.0 Å². The first-order chi connectivity index (χ1) is 10.1. The van der Waals surface area contributed by atoms with Crippen molar-refractivity contribution in [3.05, 3.63) is 28.7 Å². The number of phenolic OH excluding ortho intramolecular Hbond substituents is 1. The monoisotopic (exact) mass is 323 g/mol. The number of hydrogen-bond acceptors (Lipinski definition) is 5. The first-order valence-electron chi connectivity index (χ1n) is 6.69. The number of ether oxygens (including phenoxy) is 1. The van der Waals surface area contributed by atoms with E-state index in [1.165, 1.54) is 18.9 Å². The summed E-state index contributed by atoms with van der Waals surface area (Å²) in [6.45, 7) is 2.74. The smallest absolute Gasteiger partial charge is 0.266 e. The average Bonchev–Trinajstić information content (AvgIpc) is 2.73. The van der Waals surface area contributed by atoms with E-state index in [-0.39, 0.29) is 11.7 Å². The number of unbranched alkanes of at least 4 members (excludes halogenated alkanes) is 1. The Kier molecular flexibility index (Phi) is 5.25. The van der Waals surface area contributed by atoms with Gasteiger partial charge in [-0.2, -0.15) is 0 Å². The first-order valence-corrected chi connectivity index (χ1v) is 7.91. The third-order valence-corrected chi connectivity index (χ3v) is 4.49. The number of aromatic hydroxyl groups is 1. The Hall–Kier alpha value is -1.53. The summed E-state index contributed by atoms with van der Waals surface area (Å²) in [6, 6.07) is 4.97. The van der Waals surface area contributed by atoms with Crippen molar-refractivity contribution in [1.29, 1.82) is 0 Å². The molecule has 1 aromatic rings. The molecular formula is C15H17NO3S2. The van der Waals surface area contributed by atoms with Gasteiger partial charge in [0.25, 0.3) is 5.91 Å². The molecule has 1 N–H and O–H groups in total. The van der Waals surface area contributed by atoms with Gasteiger partial charge >= 0.3 is 0 Å². The molecule has 2 rings (SSSR count). The second kappa shape index (κ2) is 6.95. The number of hydrogen-bond donors (Lipinski definition) is 1. The van der Waals surface area contributed by atoms with Crippen molar-refractivity contribution in [3.8, 4) is 11.5 Å². The standard InChI is InChI=1S/C15H17NO3S2/c1-3-4-7-16-14(18)13(21-15(16)20)9-10-5-6-11(17)12(8-10)19-2/h5-6,8-9,17H,3-4,7H2,1-2H3/b13-9-. The van der Waals surface area contributed by atoms with Crippen molar-refractivity contribution in [2.45, 2.75) is 19.8 Å². The van der Waals surface area contributed by atoms with E-state index in [9.17, 15) is 9.90 Å². The zero-order valence-corrected chi connectivity index (χ0v) is 13.6. The Morgan fingerprint density at radius 3 is 2.90 bits per heavy atom. The molecule has 1 amide bonds. The van der Waals surface area contributed by atoms with Crippen LogP contribution in [0.5, 0.6) is 11.5 Å². The Morgan fingerprint density at radius 2 is 2.24 bits per heavy atom. The third kappa shape index (κ3) is 3.57. The summed E-state index contributed by atoms with van der Waals surface area (Å²) >= 11 is 6.57. The van der Waals surface area contributed by atoms with Crippen molar-refractivity contribution in [2.24, 2.45) is 0 Å². The van der Waals surface area contributed by atoms with Crippen LogP contribution in [0.3, 0.4) is 0 Å². The summed E-state index contributed by atoms with van der Waals surface area (Å²) in [7, 11) is 1.49. The molecular weight excluding hydrogens is 306 g/mol. The highest BCUT2D eigenvalue weighted by Gasteiger charge is 2.31. The lowest BCUT2D eigenvalue weighted by Gasteiger charge is -2.13. The highest BCUT2D eigenvalue weighted by atomic mass is 32.2. The number of rotatable bonds is 5. The number of thioether (sulfide) groups is 1. The Labute approximate surface area is 133 Å². The summed E-state index contributed by atoms with van der Waals surface area (Å²) in [5.41, 5.74) is 0.792. The molecule has 4 nitrogen and oxygen atoms in total. The normalized spacial score (nSPS) is 16.9. The van der Waals surface area contributed by atoms with Crippen molar-refractivity contribution in [1.82, 2.24) is 4.90 Å². The van der Waals surface area contributed by atoms with Crippen molar-refractivity contribution < 1.29 is 14.6 Å². The van der Waals surface area contributed by atoms with E-state index in [1.807, 2.05) is 0 Å². The van der Waals surface area contributed by atoms with Crippen LogP contribution in [0, 0.1) is 0 Å². The second-order valence-corrected chi connectivity index (χ2v) is 6.29. The molecule has 0 bridgehead atoms. The summed E-state index contributed by atoms with van der Waals surface area (Å²) < 4.78 is 5.67. The van der Waals surface area contributed by atoms with Gasteiger partial charge in [0.15, 0.2) is 11.5 Å². The molecule has 0 atom stereocenters. The maximum atomic E-state index is 12.3. The molecule has 1 aromatic carbocycles. The van der Waals surface area contributed by atoms with Crippen LogP contribution in [0.2, 0.25) is 0 Å². The van der Waals surface area contributed by atoms with E-state index in [2.05, 4.69) is 6.92 Å². The van der Waals surface area contributed by atoms with Crippen LogP contribution in [0.4, 0.5) is 0 Å². The topological polar surface area (TPSA) is 49.8 Å². The number of nitrogens with zero attached hydrogens (tertiary/aromatic N) is 1. The molecule has 1 aliphatic rings. The molecule has 112 valence electrons. The SMILES string of the molecule is CCCCN1C(=O)/C(=C/c2ccc(O)c(OC)c2)SC1=S. The zero-order chi connectivity index (χ0) is 15.4. The van der Waals surface area contributed by atoms with Gasteiger partial charge in [0.2, 0.25) is 0 Å². The van der Waals surface area contributed by atoms with Crippen molar-refractivity contribution in [2.75, 3.05) is 13.7 Å². The molecule has 0 aliphatic carbocycles. The Morgan fingerprint density at radius 1 is 1.48 bits per heavy atom. The van der Waals surface area contributed by atoms with Crippen LogP contribution >= 0.6 is 24.0 Å². The maximum Gasteiger partial charge on any atom is 0.266 e. The quantitative estimate of drug-likeness (QED) is 0.665. The molecule has 0 aromatic heterocycles. The minimum atomic E-state index is -0.0505. The summed E-state index contributed by atoms with van der Waals surface area (Å²) in [5, 5.41) is 9.58. The summed E-state index contributed by atoms with van der Waals surface area (Å²) in [5.74, 6) is 0.404. The predicted octanol–water partition coefficient (Wildman–Crippen LogP) is 3.40. The Bertz CT molecular complexity index is 599. The lowest BCUT2D eigenvalue weighted by molar-refractivity contribution is -0.122. The van der Waals surface area contributed by atoms with Crippen LogP contribution in [0.25, 0.3) is 6.08 Å². The number of phenols is 1. The second-order valence-electron chi connectivity index (χ2n) is 4.62. The number of thiocarbonyl (C=S) groups is 1. The first kappa shape index (κ1) is 15.9. The Balaban J connectivity index is 2.22. The molecule has 1 saturated heterocycles. The van der Waals surface area contributed by atoms with E-state index in [0.717, 1.165) is 18.4 Å². The fraction of sp³-hybridized carbons (Fsp3) is 0.333. The van der Waals surface area contributed by atoms with Gasteiger partial charge in [0.1, 0.15) is 4.32 Å². The lowest BCUT2D eigenvalue weighted by Crippen LogP contribution is -2.28. The zero-order valence-electron chi connectivity index (χ0n) is 12.0. The minimum absolute atomic E-state index is 0.0505. The molecule has 0 unspecified atom stereocenters. The summed E-state index contributed by atoms with van der Waals surface area (Å²) in [4.78, 5) is 14.6. The van der Waals surface area contributed by atoms with Crippen LogP contribution in [-0.2, 0) is 4.79 Å². The van der Waals surface area contributed by atoms with E-state index >= 15 is 0 Å². The molecule has 0 saturated carbocycles. The molecule has 1 heterocycles. The lowest BCUT2D eigenvalue weighted by atomic mass is 10.2.